The molecule has 1 aliphatic rings. The van der Waals surface area contributed by atoms with Crippen LogP contribution in [0.15, 0.2) is 55.0 Å². The maximum absolute atomic E-state index is 5.87. The van der Waals surface area contributed by atoms with Crippen LogP contribution in [-0.2, 0) is 13.1 Å². The summed E-state index contributed by atoms with van der Waals surface area (Å²) >= 11 is 0. The molecule has 7 heteroatoms. The van der Waals surface area contributed by atoms with E-state index in [1.54, 1.807) is 17.1 Å². The van der Waals surface area contributed by atoms with E-state index < -0.39 is 0 Å². The Balaban J connectivity index is 0.00000196. The normalized spacial score (nSPS) is 12.9. The second-order valence-electron chi connectivity index (χ2n) is 5.84. The molecule has 4 rings (SSSR count). The minimum absolute atomic E-state index is 0. The number of aromatic nitrogens is 3. The topological polar surface area (TPSA) is 61.2 Å². The zero-order valence-corrected chi connectivity index (χ0v) is 15.1. The van der Waals surface area contributed by atoms with Crippen molar-refractivity contribution in [2.24, 2.45) is 0 Å². The van der Waals surface area contributed by atoms with E-state index in [2.05, 4.69) is 27.5 Å². The predicted molar refractivity (Wildman–Crippen MR) is 101 cm³/mol. The number of para-hydroxylation sites is 1. The average Bonchev–Trinajstić information content (AvgIpc) is 3.07. The van der Waals surface area contributed by atoms with E-state index in [4.69, 9.17) is 9.47 Å². The van der Waals surface area contributed by atoms with E-state index in [0.717, 1.165) is 34.9 Å². The Bertz CT molecular complexity index is 839. The highest BCUT2D eigenvalue weighted by Crippen LogP contribution is 2.33. The summed E-state index contributed by atoms with van der Waals surface area (Å²) in [6, 6.07) is 11.9. The molecule has 0 spiro atoms. The van der Waals surface area contributed by atoms with E-state index in [9.17, 15) is 0 Å². The van der Waals surface area contributed by atoms with Gasteiger partial charge in [0, 0.05) is 49.2 Å². The van der Waals surface area contributed by atoms with Crippen molar-refractivity contribution in [3.05, 3.63) is 66.1 Å². The van der Waals surface area contributed by atoms with Crippen LogP contribution in [0.2, 0.25) is 0 Å². The fraction of sp³-hybridized carbons (Fsp3) is 0.263. The Hall–Kier alpha value is -2.57. The molecule has 3 heterocycles. The van der Waals surface area contributed by atoms with Gasteiger partial charge in [-0.15, -0.1) is 12.4 Å². The number of ether oxygens (including phenoxy) is 2. The van der Waals surface area contributed by atoms with Crippen LogP contribution in [0.4, 0.5) is 0 Å². The molecule has 0 fully saturated rings. The quantitative estimate of drug-likeness (QED) is 0.745. The van der Waals surface area contributed by atoms with E-state index in [0.29, 0.717) is 26.3 Å². The Morgan fingerprint density at radius 1 is 0.962 bits per heavy atom. The lowest BCUT2D eigenvalue weighted by Gasteiger charge is -2.14. The number of rotatable bonds is 5. The Labute approximate surface area is 158 Å². The first kappa shape index (κ1) is 18.2. The third-order valence-electron chi connectivity index (χ3n) is 4.07. The van der Waals surface area contributed by atoms with Crippen molar-refractivity contribution >= 4 is 12.4 Å². The second-order valence-corrected chi connectivity index (χ2v) is 5.84. The molecule has 0 radical (unpaired) electrons. The predicted octanol–water partition coefficient (Wildman–Crippen LogP) is 3.14. The Morgan fingerprint density at radius 3 is 2.69 bits per heavy atom. The minimum atomic E-state index is 0. The number of nitrogens with one attached hydrogen (secondary N) is 1. The third kappa shape index (κ3) is 3.98. The van der Waals surface area contributed by atoms with Crippen molar-refractivity contribution in [1.82, 2.24) is 20.1 Å². The lowest BCUT2D eigenvalue weighted by atomic mass is 10.1. The molecule has 2 aromatic heterocycles. The van der Waals surface area contributed by atoms with Gasteiger partial charge in [0.05, 0.1) is 13.2 Å². The van der Waals surface area contributed by atoms with Crippen LogP contribution < -0.4 is 14.8 Å². The fourth-order valence-electron chi connectivity index (χ4n) is 2.89. The van der Waals surface area contributed by atoms with Crippen LogP contribution in [-0.4, -0.2) is 28.0 Å². The van der Waals surface area contributed by atoms with Gasteiger partial charge in [-0.1, -0.05) is 18.2 Å². The SMILES string of the molecule is Cl.c1cnc(-n2cccn2)c(CNCc2cccc3c2OCCCO3)c1. The van der Waals surface area contributed by atoms with Gasteiger partial charge in [0.2, 0.25) is 0 Å². The lowest BCUT2D eigenvalue weighted by Crippen LogP contribution is -2.16. The summed E-state index contributed by atoms with van der Waals surface area (Å²) in [5.41, 5.74) is 2.19. The van der Waals surface area contributed by atoms with Crippen molar-refractivity contribution in [3.63, 3.8) is 0 Å². The maximum atomic E-state index is 5.87. The molecule has 26 heavy (non-hydrogen) atoms. The number of fused-ring (bicyclic) bond motifs is 1. The van der Waals surface area contributed by atoms with Crippen LogP contribution in [0.5, 0.6) is 11.5 Å². The molecule has 1 aromatic carbocycles. The average molecular weight is 373 g/mol. The summed E-state index contributed by atoms with van der Waals surface area (Å²) in [6.07, 6.45) is 6.34. The maximum Gasteiger partial charge on any atom is 0.165 e. The summed E-state index contributed by atoms with van der Waals surface area (Å²) in [6.45, 7) is 2.77. The molecular formula is C19H21ClN4O2. The molecule has 0 amide bonds. The van der Waals surface area contributed by atoms with Crippen molar-refractivity contribution in [2.45, 2.75) is 19.5 Å². The molecule has 0 unspecified atom stereocenters. The molecule has 0 bridgehead atoms. The summed E-state index contributed by atoms with van der Waals surface area (Å²) in [4.78, 5) is 4.45. The smallest absolute Gasteiger partial charge is 0.165 e. The molecule has 0 atom stereocenters. The second kappa shape index (κ2) is 8.69. The molecule has 1 aliphatic heterocycles. The highest BCUT2D eigenvalue weighted by Gasteiger charge is 2.14. The summed E-state index contributed by atoms with van der Waals surface area (Å²) < 4.78 is 13.4. The van der Waals surface area contributed by atoms with Crippen molar-refractivity contribution in [1.29, 1.82) is 0 Å². The molecule has 0 saturated heterocycles. The van der Waals surface area contributed by atoms with Crippen LogP contribution in [0.3, 0.4) is 0 Å². The first-order valence-corrected chi connectivity index (χ1v) is 8.44. The molecule has 1 N–H and O–H groups in total. The molecule has 136 valence electrons. The van der Waals surface area contributed by atoms with Crippen molar-refractivity contribution < 1.29 is 9.47 Å². The fourth-order valence-corrected chi connectivity index (χ4v) is 2.89. The van der Waals surface area contributed by atoms with Crippen LogP contribution in [0, 0.1) is 0 Å². The molecular weight excluding hydrogens is 352 g/mol. The zero-order valence-electron chi connectivity index (χ0n) is 14.3. The van der Waals surface area contributed by atoms with E-state index in [-0.39, 0.29) is 12.4 Å². The van der Waals surface area contributed by atoms with Gasteiger partial charge in [0.25, 0.3) is 0 Å². The van der Waals surface area contributed by atoms with Gasteiger partial charge in [-0.3, -0.25) is 0 Å². The monoisotopic (exact) mass is 372 g/mol. The molecule has 0 aliphatic carbocycles. The number of hydrogen-bond donors (Lipinski definition) is 1. The van der Waals surface area contributed by atoms with Gasteiger partial charge in [-0.25, -0.2) is 9.67 Å². The minimum Gasteiger partial charge on any atom is -0.490 e. The van der Waals surface area contributed by atoms with Gasteiger partial charge in [0.15, 0.2) is 17.3 Å². The van der Waals surface area contributed by atoms with E-state index in [1.807, 2.05) is 30.5 Å². The van der Waals surface area contributed by atoms with Gasteiger partial charge >= 0.3 is 0 Å². The summed E-state index contributed by atoms with van der Waals surface area (Å²) in [5.74, 6) is 2.52. The largest absolute Gasteiger partial charge is 0.490 e. The first-order chi connectivity index (χ1) is 12.4. The highest BCUT2D eigenvalue weighted by molar-refractivity contribution is 5.85. The van der Waals surface area contributed by atoms with Crippen LogP contribution >= 0.6 is 12.4 Å². The number of pyridine rings is 1. The standard InChI is InChI=1S/C19H20N4O2.ClH/c1-5-15(18-17(7-1)24-11-4-12-25-18)13-20-14-16-6-2-8-21-19(16)23-10-3-9-22-23;/h1-3,5-10,20H,4,11-14H2;1H. The number of halogens is 1. The molecule has 0 saturated carbocycles. The number of nitrogens with zero attached hydrogens (tertiary/aromatic N) is 3. The van der Waals surface area contributed by atoms with Gasteiger partial charge in [-0.2, -0.15) is 5.10 Å². The van der Waals surface area contributed by atoms with E-state index >= 15 is 0 Å². The number of hydrogen-bond acceptors (Lipinski definition) is 5. The Kier molecular flexibility index (Phi) is 6.09. The summed E-state index contributed by atoms with van der Waals surface area (Å²) in [5, 5.41) is 7.75. The molecule has 6 nitrogen and oxygen atoms in total. The zero-order chi connectivity index (χ0) is 16.9. The van der Waals surface area contributed by atoms with Crippen molar-refractivity contribution in [2.75, 3.05) is 13.2 Å². The lowest BCUT2D eigenvalue weighted by molar-refractivity contribution is 0.296. The highest BCUT2D eigenvalue weighted by atomic mass is 35.5. The van der Waals surface area contributed by atoms with Crippen LogP contribution in [0.1, 0.15) is 17.5 Å². The Morgan fingerprint density at radius 2 is 1.81 bits per heavy atom. The molecule has 3 aromatic rings. The summed E-state index contributed by atoms with van der Waals surface area (Å²) in [7, 11) is 0. The van der Waals surface area contributed by atoms with Gasteiger partial charge < -0.3 is 14.8 Å². The van der Waals surface area contributed by atoms with E-state index in [1.165, 1.54) is 0 Å². The number of benzene rings is 1. The third-order valence-corrected chi connectivity index (χ3v) is 4.07. The first-order valence-electron chi connectivity index (χ1n) is 8.44. The van der Waals surface area contributed by atoms with Gasteiger partial charge in [0.1, 0.15) is 0 Å². The van der Waals surface area contributed by atoms with Crippen LogP contribution in [0.25, 0.3) is 5.82 Å². The van der Waals surface area contributed by atoms with Crippen molar-refractivity contribution in [3.8, 4) is 17.3 Å². The van der Waals surface area contributed by atoms with Gasteiger partial charge in [-0.05, 0) is 18.2 Å².